The largest absolute Gasteiger partial charge is 0.468 e. The number of carbonyl (C=O) groups excluding carboxylic acids is 1. The van der Waals surface area contributed by atoms with Gasteiger partial charge in [-0.05, 0) is 6.42 Å². The predicted molar refractivity (Wildman–Crippen MR) is 59.8 cm³/mol. The van der Waals surface area contributed by atoms with E-state index in [9.17, 15) is 4.79 Å². The lowest BCUT2D eigenvalue weighted by molar-refractivity contribution is -0.145. The highest BCUT2D eigenvalue weighted by atomic mass is 16.5. The monoisotopic (exact) mass is 217 g/mol. The SMILES string of the molecule is CCCCOCC(NC(C)C)C(=O)OC. The maximum atomic E-state index is 11.3. The maximum Gasteiger partial charge on any atom is 0.325 e. The smallest absolute Gasteiger partial charge is 0.325 e. The van der Waals surface area contributed by atoms with Crippen molar-refractivity contribution in [2.45, 2.75) is 45.7 Å². The van der Waals surface area contributed by atoms with E-state index in [1.165, 1.54) is 7.11 Å². The van der Waals surface area contributed by atoms with Gasteiger partial charge in [0.2, 0.25) is 0 Å². The lowest BCUT2D eigenvalue weighted by atomic mass is 10.2. The fourth-order valence-electron chi connectivity index (χ4n) is 1.18. The number of unbranched alkanes of at least 4 members (excludes halogenated alkanes) is 1. The van der Waals surface area contributed by atoms with Gasteiger partial charge in [-0.25, -0.2) is 0 Å². The van der Waals surface area contributed by atoms with Crippen molar-refractivity contribution in [3.63, 3.8) is 0 Å². The lowest BCUT2D eigenvalue weighted by Gasteiger charge is -2.18. The molecule has 0 aromatic carbocycles. The zero-order valence-corrected chi connectivity index (χ0v) is 10.2. The van der Waals surface area contributed by atoms with Crippen molar-refractivity contribution < 1.29 is 14.3 Å². The Labute approximate surface area is 92.3 Å². The van der Waals surface area contributed by atoms with Gasteiger partial charge in [0.25, 0.3) is 0 Å². The van der Waals surface area contributed by atoms with Crippen molar-refractivity contribution in [1.82, 2.24) is 5.32 Å². The molecule has 15 heavy (non-hydrogen) atoms. The molecule has 90 valence electrons. The number of nitrogens with one attached hydrogen (secondary N) is 1. The molecule has 0 saturated heterocycles. The Morgan fingerprint density at radius 3 is 2.53 bits per heavy atom. The molecule has 0 aromatic rings. The molecule has 1 unspecified atom stereocenters. The van der Waals surface area contributed by atoms with Crippen LogP contribution >= 0.6 is 0 Å². The third-order valence-electron chi connectivity index (χ3n) is 1.95. The number of hydrogen-bond acceptors (Lipinski definition) is 4. The minimum atomic E-state index is -0.355. The van der Waals surface area contributed by atoms with Gasteiger partial charge in [-0.3, -0.25) is 4.79 Å². The molecule has 0 aromatic heterocycles. The lowest BCUT2D eigenvalue weighted by Crippen LogP contribution is -2.44. The molecule has 0 heterocycles. The average molecular weight is 217 g/mol. The maximum absolute atomic E-state index is 11.3. The molecule has 4 heteroatoms. The summed E-state index contributed by atoms with van der Waals surface area (Å²) in [5, 5.41) is 3.11. The minimum absolute atomic E-state index is 0.240. The Morgan fingerprint density at radius 1 is 1.40 bits per heavy atom. The van der Waals surface area contributed by atoms with Gasteiger partial charge < -0.3 is 14.8 Å². The van der Waals surface area contributed by atoms with Gasteiger partial charge in [-0.15, -0.1) is 0 Å². The first-order valence-electron chi connectivity index (χ1n) is 5.53. The molecule has 0 aliphatic heterocycles. The van der Waals surface area contributed by atoms with E-state index in [1.54, 1.807) is 0 Å². The Hall–Kier alpha value is -0.610. The summed E-state index contributed by atoms with van der Waals surface area (Å²) in [6, 6.07) is -0.115. The van der Waals surface area contributed by atoms with Crippen molar-refractivity contribution in [3.8, 4) is 0 Å². The number of methoxy groups -OCH3 is 1. The summed E-state index contributed by atoms with van der Waals surface area (Å²) in [6.45, 7) is 7.16. The second kappa shape index (κ2) is 8.68. The van der Waals surface area contributed by atoms with Gasteiger partial charge >= 0.3 is 5.97 Å². The van der Waals surface area contributed by atoms with Crippen molar-refractivity contribution in [3.05, 3.63) is 0 Å². The van der Waals surface area contributed by atoms with Gasteiger partial charge in [0.05, 0.1) is 13.7 Å². The molecule has 1 N–H and O–H groups in total. The second-order valence-corrected chi connectivity index (χ2v) is 3.83. The van der Waals surface area contributed by atoms with E-state index >= 15 is 0 Å². The highest BCUT2D eigenvalue weighted by Gasteiger charge is 2.19. The van der Waals surface area contributed by atoms with E-state index in [0.717, 1.165) is 12.8 Å². The highest BCUT2D eigenvalue weighted by Crippen LogP contribution is 1.95. The summed E-state index contributed by atoms with van der Waals surface area (Å²) >= 11 is 0. The summed E-state index contributed by atoms with van der Waals surface area (Å²) in [4.78, 5) is 11.3. The number of carbonyl (C=O) groups is 1. The third-order valence-corrected chi connectivity index (χ3v) is 1.95. The standard InChI is InChI=1S/C11H23NO3/c1-5-6-7-15-8-10(11(13)14-4)12-9(2)3/h9-10,12H,5-8H2,1-4H3. The quantitative estimate of drug-likeness (QED) is 0.492. The number of esters is 1. The molecule has 0 fully saturated rings. The molecule has 0 aliphatic carbocycles. The van der Waals surface area contributed by atoms with Gasteiger partial charge in [0.1, 0.15) is 6.04 Å². The summed E-state index contributed by atoms with van der Waals surface area (Å²) in [6.07, 6.45) is 2.12. The van der Waals surface area contributed by atoms with Crippen LogP contribution in [0.2, 0.25) is 0 Å². The molecule has 0 spiro atoms. The van der Waals surface area contributed by atoms with Crippen LogP contribution in [0.1, 0.15) is 33.6 Å². The second-order valence-electron chi connectivity index (χ2n) is 3.83. The van der Waals surface area contributed by atoms with Gasteiger partial charge in [-0.2, -0.15) is 0 Å². The molecular formula is C11H23NO3. The van der Waals surface area contributed by atoms with Crippen molar-refractivity contribution in [1.29, 1.82) is 0 Å². The first kappa shape index (κ1) is 14.4. The summed E-state index contributed by atoms with van der Waals surface area (Å²) in [7, 11) is 1.39. The van der Waals surface area contributed by atoms with Crippen LogP contribution in [0.4, 0.5) is 0 Å². The van der Waals surface area contributed by atoms with E-state index in [4.69, 9.17) is 4.74 Å². The van der Waals surface area contributed by atoms with E-state index in [0.29, 0.717) is 13.2 Å². The normalized spacial score (nSPS) is 12.9. The van der Waals surface area contributed by atoms with E-state index in [2.05, 4.69) is 17.0 Å². The zero-order chi connectivity index (χ0) is 11.7. The number of rotatable bonds is 8. The molecule has 0 radical (unpaired) electrons. The molecule has 4 nitrogen and oxygen atoms in total. The predicted octanol–water partition coefficient (Wildman–Crippen LogP) is 1.34. The van der Waals surface area contributed by atoms with Crippen LogP contribution in [-0.4, -0.2) is 38.4 Å². The Balaban J connectivity index is 3.85. The Morgan fingerprint density at radius 2 is 2.07 bits per heavy atom. The van der Waals surface area contributed by atoms with Crippen LogP contribution in [0.3, 0.4) is 0 Å². The van der Waals surface area contributed by atoms with Crippen LogP contribution in [-0.2, 0) is 14.3 Å². The summed E-state index contributed by atoms with van der Waals surface area (Å²) in [5.74, 6) is -0.264. The first-order chi connectivity index (χ1) is 7.11. The third kappa shape index (κ3) is 7.33. The van der Waals surface area contributed by atoms with Gasteiger partial charge in [0, 0.05) is 12.6 Å². The molecular weight excluding hydrogens is 194 g/mol. The van der Waals surface area contributed by atoms with E-state index < -0.39 is 0 Å². The van der Waals surface area contributed by atoms with E-state index in [1.807, 2.05) is 13.8 Å². The molecule has 0 aliphatic rings. The molecule has 1 atom stereocenters. The van der Waals surface area contributed by atoms with Crippen molar-refractivity contribution >= 4 is 5.97 Å². The van der Waals surface area contributed by atoms with E-state index in [-0.39, 0.29) is 18.1 Å². The van der Waals surface area contributed by atoms with Gasteiger partial charge in [-0.1, -0.05) is 27.2 Å². The van der Waals surface area contributed by atoms with Gasteiger partial charge in [0.15, 0.2) is 0 Å². The minimum Gasteiger partial charge on any atom is -0.468 e. The fraction of sp³-hybridized carbons (Fsp3) is 0.909. The summed E-state index contributed by atoms with van der Waals surface area (Å²) in [5.41, 5.74) is 0. The first-order valence-corrected chi connectivity index (χ1v) is 5.53. The highest BCUT2D eigenvalue weighted by molar-refractivity contribution is 5.75. The van der Waals surface area contributed by atoms with Crippen LogP contribution in [0.15, 0.2) is 0 Å². The van der Waals surface area contributed by atoms with Crippen molar-refractivity contribution in [2.75, 3.05) is 20.3 Å². The van der Waals surface area contributed by atoms with Crippen LogP contribution in [0.5, 0.6) is 0 Å². The van der Waals surface area contributed by atoms with Crippen LogP contribution < -0.4 is 5.32 Å². The molecule has 0 amide bonds. The summed E-state index contributed by atoms with van der Waals surface area (Å²) < 4.78 is 10.1. The van der Waals surface area contributed by atoms with Crippen molar-refractivity contribution in [2.24, 2.45) is 0 Å². The zero-order valence-electron chi connectivity index (χ0n) is 10.2. The number of ether oxygens (including phenoxy) is 2. The fourth-order valence-corrected chi connectivity index (χ4v) is 1.18. The Bertz CT molecular complexity index is 171. The number of hydrogen-bond donors (Lipinski definition) is 1. The average Bonchev–Trinajstić information content (AvgIpc) is 2.21. The molecule has 0 rings (SSSR count). The Kier molecular flexibility index (Phi) is 8.33. The van der Waals surface area contributed by atoms with Crippen LogP contribution in [0.25, 0.3) is 0 Å². The van der Waals surface area contributed by atoms with Crippen LogP contribution in [0, 0.1) is 0 Å². The molecule has 0 saturated carbocycles. The topological polar surface area (TPSA) is 47.6 Å². The molecule has 0 bridgehead atoms.